The Balaban J connectivity index is 1.04. The number of nitrogens with one attached hydrogen (secondary N) is 1. The van der Waals surface area contributed by atoms with E-state index >= 15 is 0 Å². The third-order valence-corrected chi connectivity index (χ3v) is 8.38. The lowest BCUT2D eigenvalue weighted by molar-refractivity contribution is 0.102. The Morgan fingerprint density at radius 3 is 2.36 bits per heavy atom. The Bertz CT molecular complexity index is 1230. The molecular weight excluding hydrogens is 512 g/mol. The highest BCUT2D eigenvalue weighted by atomic mass is 32.1. The lowest BCUT2D eigenvalue weighted by Gasteiger charge is -2.33. The molecule has 0 saturated carbocycles. The second-order valence-corrected chi connectivity index (χ2v) is 11.1. The summed E-state index contributed by atoms with van der Waals surface area (Å²) >= 11 is 1.70. The molecule has 206 valence electrons. The smallest absolute Gasteiger partial charge is 0.409 e. The van der Waals surface area contributed by atoms with Gasteiger partial charge in [-0.1, -0.05) is 18.6 Å². The molecule has 0 aliphatic carbocycles. The zero-order valence-corrected chi connectivity index (χ0v) is 23.3. The first-order chi connectivity index (χ1) is 19.0. The van der Waals surface area contributed by atoms with Crippen molar-refractivity contribution in [1.82, 2.24) is 24.7 Å². The highest BCUT2D eigenvalue weighted by Gasteiger charge is 2.23. The van der Waals surface area contributed by atoms with Gasteiger partial charge in [0.15, 0.2) is 5.75 Å². The molecule has 2 amide bonds. The zero-order valence-electron chi connectivity index (χ0n) is 22.5. The van der Waals surface area contributed by atoms with E-state index in [1.54, 1.807) is 28.4 Å². The number of carbonyl (C=O) groups is 2. The quantitative estimate of drug-likeness (QED) is 0.445. The Kier molecular flexibility index (Phi) is 9.18. The van der Waals surface area contributed by atoms with E-state index in [4.69, 9.17) is 4.74 Å². The van der Waals surface area contributed by atoms with Crippen molar-refractivity contribution < 1.29 is 14.3 Å². The highest BCUT2D eigenvalue weighted by molar-refractivity contribution is 7.09. The highest BCUT2D eigenvalue weighted by Crippen LogP contribution is 2.18. The number of piperazine rings is 1. The van der Waals surface area contributed by atoms with Crippen LogP contribution in [0.1, 0.15) is 45.8 Å². The van der Waals surface area contributed by atoms with E-state index in [9.17, 15) is 9.59 Å². The van der Waals surface area contributed by atoms with Gasteiger partial charge in [-0.05, 0) is 69.1 Å². The van der Waals surface area contributed by atoms with Crippen LogP contribution in [0.4, 0.5) is 10.6 Å². The first-order valence-electron chi connectivity index (χ1n) is 13.7. The van der Waals surface area contributed by atoms with E-state index < -0.39 is 0 Å². The van der Waals surface area contributed by atoms with Crippen LogP contribution in [-0.2, 0) is 13.0 Å². The van der Waals surface area contributed by atoms with Crippen molar-refractivity contribution in [3.05, 3.63) is 69.8 Å². The van der Waals surface area contributed by atoms with Crippen LogP contribution in [-0.4, -0.2) is 82.5 Å². The standard InChI is InChI=1S/C29H36N6O3S/c1-22-26(39-21-31-22)11-14-33-15-17-35(18-16-33)29(37)38-25-9-10-27(30-19-25)32-28(36)24-7-5-23(6-8-24)20-34-12-3-2-4-13-34/h5-10,19,21H,2-4,11-18,20H2,1H3,(H,30,32,36). The van der Waals surface area contributed by atoms with E-state index in [0.717, 1.165) is 51.4 Å². The number of piperidine rings is 1. The van der Waals surface area contributed by atoms with Crippen molar-refractivity contribution in [3.8, 4) is 5.75 Å². The number of hydrogen-bond donors (Lipinski definition) is 1. The first kappa shape index (κ1) is 27.2. The van der Waals surface area contributed by atoms with Gasteiger partial charge in [-0.2, -0.15) is 0 Å². The Labute approximate surface area is 233 Å². The maximum atomic E-state index is 12.7. The molecule has 2 aromatic heterocycles. The summed E-state index contributed by atoms with van der Waals surface area (Å²) in [6.07, 6.45) is 5.91. The van der Waals surface area contributed by atoms with Crippen LogP contribution in [0.3, 0.4) is 0 Å². The number of benzene rings is 1. The fourth-order valence-corrected chi connectivity index (χ4v) is 5.76. The third-order valence-electron chi connectivity index (χ3n) is 7.38. The summed E-state index contributed by atoms with van der Waals surface area (Å²) in [7, 11) is 0. The second kappa shape index (κ2) is 13.1. The van der Waals surface area contributed by atoms with Gasteiger partial charge < -0.3 is 15.0 Å². The number of ether oxygens (including phenoxy) is 1. The number of anilines is 1. The molecule has 2 fully saturated rings. The molecule has 10 heteroatoms. The lowest BCUT2D eigenvalue weighted by atomic mass is 10.1. The summed E-state index contributed by atoms with van der Waals surface area (Å²) < 4.78 is 5.53. The van der Waals surface area contributed by atoms with Crippen LogP contribution in [0.25, 0.3) is 0 Å². The topological polar surface area (TPSA) is 90.9 Å². The lowest BCUT2D eigenvalue weighted by Crippen LogP contribution is -2.49. The Hall–Kier alpha value is -3.34. The number of nitrogens with zero attached hydrogens (tertiary/aromatic N) is 5. The molecule has 0 spiro atoms. The predicted molar refractivity (Wildman–Crippen MR) is 152 cm³/mol. The minimum atomic E-state index is -0.379. The number of amides is 2. The summed E-state index contributed by atoms with van der Waals surface area (Å²) in [5.74, 6) is 0.533. The fraction of sp³-hybridized carbons (Fsp3) is 0.448. The van der Waals surface area contributed by atoms with Crippen LogP contribution >= 0.6 is 11.3 Å². The van der Waals surface area contributed by atoms with Gasteiger partial charge in [0.1, 0.15) is 5.82 Å². The van der Waals surface area contributed by atoms with Crippen LogP contribution in [0.15, 0.2) is 48.1 Å². The monoisotopic (exact) mass is 548 g/mol. The number of pyridine rings is 1. The van der Waals surface area contributed by atoms with E-state index in [2.05, 4.69) is 25.1 Å². The molecule has 0 atom stereocenters. The molecule has 2 aliphatic rings. The minimum absolute atomic E-state index is 0.222. The number of thiazole rings is 1. The number of aryl methyl sites for hydroxylation is 1. The zero-order chi connectivity index (χ0) is 27.0. The maximum Gasteiger partial charge on any atom is 0.415 e. The molecule has 0 bridgehead atoms. The van der Waals surface area contributed by atoms with Gasteiger partial charge >= 0.3 is 6.09 Å². The number of rotatable bonds is 8. The van der Waals surface area contributed by atoms with Gasteiger partial charge in [-0.25, -0.2) is 14.8 Å². The Morgan fingerprint density at radius 1 is 0.923 bits per heavy atom. The molecule has 3 aromatic rings. The Morgan fingerprint density at radius 2 is 1.69 bits per heavy atom. The average Bonchev–Trinajstić information content (AvgIpc) is 3.38. The molecule has 9 nitrogen and oxygen atoms in total. The second-order valence-electron chi connectivity index (χ2n) is 10.2. The molecule has 0 unspecified atom stereocenters. The van der Waals surface area contributed by atoms with E-state index in [-0.39, 0.29) is 12.0 Å². The molecule has 0 radical (unpaired) electrons. The van der Waals surface area contributed by atoms with Gasteiger partial charge in [0.05, 0.1) is 17.4 Å². The van der Waals surface area contributed by atoms with E-state index in [1.165, 1.54) is 35.9 Å². The van der Waals surface area contributed by atoms with Gasteiger partial charge in [-0.15, -0.1) is 11.3 Å². The van der Waals surface area contributed by atoms with Crippen LogP contribution < -0.4 is 10.1 Å². The first-order valence-corrected chi connectivity index (χ1v) is 14.6. The van der Waals surface area contributed by atoms with Gasteiger partial charge in [0, 0.05) is 49.7 Å². The SMILES string of the molecule is Cc1ncsc1CCN1CCN(C(=O)Oc2ccc(NC(=O)c3ccc(CN4CCCCC4)cc3)nc2)CC1. The number of aromatic nitrogens is 2. The molecule has 2 aliphatic heterocycles. The summed E-state index contributed by atoms with van der Waals surface area (Å²) in [5, 5.41) is 2.81. The van der Waals surface area contributed by atoms with Crippen molar-refractivity contribution in [1.29, 1.82) is 0 Å². The van der Waals surface area contributed by atoms with Crippen LogP contribution in [0, 0.1) is 6.92 Å². The summed E-state index contributed by atoms with van der Waals surface area (Å²) in [6, 6.07) is 11.0. The number of hydrogen-bond acceptors (Lipinski definition) is 8. The van der Waals surface area contributed by atoms with Crippen molar-refractivity contribution in [2.75, 3.05) is 51.1 Å². The van der Waals surface area contributed by atoms with Gasteiger partial charge in [0.25, 0.3) is 5.91 Å². The predicted octanol–water partition coefficient (Wildman–Crippen LogP) is 4.44. The maximum absolute atomic E-state index is 12.7. The molecule has 2 saturated heterocycles. The summed E-state index contributed by atoms with van der Waals surface area (Å²) in [4.78, 5) is 41.8. The van der Waals surface area contributed by atoms with Crippen LogP contribution in [0.5, 0.6) is 5.75 Å². The van der Waals surface area contributed by atoms with E-state index in [0.29, 0.717) is 30.2 Å². The van der Waals surface area contributed by atoms with Crippen LogP contribution in [0.2, 0.25) is 0 Å². The minimum Gasteiger partial charge on any atom is -0.409 e. The fourth-order valence-electron chi connectivity index (χ4n) is 4.99. The van der Waals surface area contributed by atoms with Crippen molar-refractivity contribution >= 4 is 29.2 Å². The molecule has 1 N–H and O–H groups in total. The third kappa shape index (κ3) is 7.62. The molecular formula is C29H36N6O3S. The van der Waals surface area contributed by atoms with Crippen molar-refractivity contribution in [3.63, 3.8) is 0 Å². The molecule has 5 rings (SSSR count). The summed E-state index contributed by atoms with van der Waals surface area (Å²) in [6.45, 7) is 9.10. The van der Waals surface area contributed by atoms with Gasteiger partial charge in [0.2, 0.25) is 0 Å². The number of likely N-dealkylation sites (tertiary alicyclic amines) is 1. The van der Waals surface area contributed by atoms with Crippen molar-refractivity contribution in [2.45, 2.75) is 39.2 Å². The normalized spacial score (nSPS) is 16.7. The molecule has 1 aromatic carbocycles. The van der Waals surface area contributed by atoms with Crippen molar-refractivity contribution in [2.24, 2.45) is 0 Å². The summed E-state index contributed by atoms with van der Waals surface area (Å²) in [5.41, 5.74) is 4.79. The molecule has 39 heavy (non-hydrogen) atoms. The van der Waals surface area contributed by atoms with Gasteiger partial charge in [-0.3, -0.25) is 14.6 Å². The molecule has 4 heterocycles. The average molecular weight is 549 g/mol. The largest absolute Gasteiger partial charge is 0.415 e. The van der Waals surface area contributed by atoms with E-state index in [1.807, 2.05) is 36.7 Å². The number of carbonyl (C=O) groups excluding carboxylic acids is 2.